The van der Waals surface area contributed by atoms with Gasteiger partial charge in [-0.3, -0.25) is 0 Å². The normalized spacial score (nSPS) is 12.3. The van der Waals surface area contributed by atoms with Crippen LogP contribution in [0.15, 0.2) is 30.3 Å². The molecule has 0 fully saturated rings. The molecule has 0 radical (unpaired) electrons. The SMILES string of the molecule is CC(C)(C)c1ccc(C=CCS)cc1. The van der Waals surface area contributed by atoms with Gasteiger partial charge in [0.1, 0.15) is 0 Å². The van der Waals surface area contributed by atoms with E-state index >= 15 is 0 Å². The van der Waals surface area contributed by atoms with Crippen molar-refractivity contribution < 1.29 is 0 Å². The van der Waals surface area contributed by atoms with Crippen LogP contribution < -0.4 is 0 Å². The molecule has 0 amide bonds. The Kier molecular flexibility index (Phi) is 3.82. The van der Waals surface area contributed by atoms with Crippen LogP contribution in [0.4, 0.5) is 0 Å². The van der Waals surface area contributed by atoms with Gasteiger partial charge >= 0.3 is 0 Å². The van der Waals surface area contributed by atoms with Crippen molar-refractivity contribution in [1.29, 1.82) is 0 Å². The van der Waals surface area contributed by atoms with Crippen molar-refractivity contribution in [3.8, 4) is 0 Å². The monoisotopic (exact) mass is 206 g/mol. The Morgan fingerprint density at radius 1 is 1.14 bits per heavy atom. The maximum absolute atomic E-state index is 4.13. The zero-order chi connectivity index (χ0) is 10.6. The molecule has 0 atom stereocenters. The van der Waals surface area contributed by atoms with E-state index in [-0.39, 0.29) is 5.41 Å². The highest BCUT2D eigenvalue weighted by Gasteiger charge is 2.12. The average molecular weight is 206 g/mol. The molecule has 1 rings (SSSR count). The number of hydrogen-bond acceptors (Lipinski definition) is 1. The van der Waals surface area contributed by atoms with Crippen molar-refractivity contribution in [1.82, 2.24) is 0 Å². The lowest BCUT2D eigenvalue weighted by Crippen LogP contribution is -2.10. The summed E-state index contributed by atoms with van der Waals surface area (Å²) in [4.78, 5) is 0. The van der Waals surface area contributed by atoms with Crippen molar-refractivity contribution >= 4 is 18.7 Å². The molecule has 0 heterocycles. The predicted octanol–water partition coefficient (Wildman–Crippen LogP) is 3.93. The molecule has 0 aromatic heterocycles. The fraction of sp³-hybridized carbons (Fsp3) is 0.385. The molecule has 0 spiro atoms. The van der Waals surface area contributed by atoms with E-state index < -0.39 is 0 Å². The lowest BCUT2D eigenvalue weighted by molar-refractivity contribution is 0.590. The van der Waals surface area contributed by atoms with Crippen molar-refractivity contribution in [2.75, 3.05) is 5.75 Å². The Morgan fingerprint density at radius 3 is 2.14 bits per heavy atom. The first-order valence-corrected chi connectivity index (χ1v) is 5.55. The van der Waals surface area contributed by atoms with Gasteiger partial charge in [-0.2, -0.15) is 12.6 Å². The van der Waals surface area contributed by atoms with Gasteiger partial charge in [-0.15, -0.1) is 0 Å². The molecular weight excluding hydrogens is 188 g/mol. The first-order valence-electron chi connectivity index (χ1n) is 4.92. The second-order valence-electron chi connectivity index (χ2n) is 4.46. The van der Waals surface area contributed by atoms with Crippen LogP contribution in [0.1, 0.15) is 31.9 Å². The summed E-state index contributed by atoms with van der Waals surface area (Å²) in [6.45, 7) is 6.68. The summed E-state index contributed by atoms with van der Waals surface area (Å²) in [6, 6.07) is 8.69. The van der Waals surface area contributed by atoms with Gasteiger partial charge in [0.2, 0.25) is 0 Å². The molecule has 0 bridgehead atoms. The van der Waals surface area contributed by atoms with Crippen LogP contribution >= 0.6 is 12.6 Å². The minimum absolute atomic E-state index is 0.242. The largest absolute Gasteiger partial charge is 0.175 e. The first kappa shape index (κ1) is 11.4. The van der Waals surface area contributed by atoms with Gasteiger partial charge in [0.15, 0.2) is 0 Å². The second-order valence-corrected chi connectivity index (χ2v) is 4.82. The number of thiol groups is 1. The van der Waals surface area contributed by atoms with Crippen LogP contribution in [0.2, 0.25) is 0 Å². The number of rotatable bonds is 2. The quantitative estimate of drug-likeness (QED) is 0.696. The summed E-state index contributed by atoms with van der Waals surface area (Å²) in [5, 5.41) is 0. The van der Waals surface area contributed by atoms with E-state index in [9.17, 15) is 0 Å². The molecule has 1 aromatic rings. The first-order chi connectivity index (χ1) is 6.54. The van der Waals surface area contributed by atoms with Crippen molar-refractivity contribution in [2.24, 2.45) is 0 Å². The van der Waals surface area contributed by atoms with E-state index in [4.69, 9.17) is 0 Å². The Bertz CT molecular complexity index is 301. The van der Waals surface area contributed by atoms with E-state index in [1.807, 2.05) is 0 Å². The highest BCUT2D eigenvalue weighted by molar-refractivity contribution is 7.80. The third-order valence-electron chi connectivity index (χ3n) is 2.19. The highest BCUT2D eigenvalue weighted by atomic mass is 32.1. The average Bonchev–Trinajstić information content (AvgIpc) is 2.14. The summed E-state index contributed by atoms with van der Waals surface area (Å²) in [6.07, 6.45) is 4.15. The molecule has 0 unspecified atom stereocenters. The molecule has 0 saturated heterocycles. The maximum atomic E-state index is 4.13. The summed E-state index contributed by atoms with van der Waals surface area (Å²) in [5.74, 6) is 0.793. The van der Waals surface area contributed by atoms with Gasteiger partial charge in [-0.25, -0.2) is 0 Å². The van der Waals surface area contributed by atoms with Gasteiger partial charge in [0, 0.05) is 5.75 Å². The molecule has 14 heavy (non-hydrogen) atoms. The van der Waals surface area contributed by atoms with E-state index in [1.165, 1.54) is 11.1 Å². The summed E-state index contributed by atoms with van der Waals surface area (Å²) in [5.41, 5.74) is 2.86. The topological polar surface area (TPSA) is 0 Å². The fourth-order valence-electron chi connectivity index (χ4n) is 1.28. The zero-order valence-electron chi connectivity index (χ0n) is 9.12. The molecule has 0 saturated carbocycles. The summed E-state index contributed by atoms with van der Waals surface area (Å²) < 4.78 is 0. The van der Waals surface area contributed by atoms with Gasteiger partial charge in [-0.1, -0.05) is 57.2 Å². The molecule has 0 N–H and O–H groups in total. The maximum Gasteiger partial charge on any atom is 0.00858 e. The molecule has 1 aromatic carbocycles. The third-order valence-corrected chi connectivity index (χ3v) is 2.40. The molecule has 0 nitrogen and oxygen atoms in total. The zero-order valence-corrected chi connectivity index (χ0v) is 10.0. The molecule has 1 heteroatoms. The Balaban J connectivity index is 2.84. The van der Waals surface area contributed by atoms with E-state index in [0.717, 1.165) is 5.75 Å². The van der Waals surface area contributed by atoms with Gasteiger partial charge in [-0.05, 0) is 16.5 Å². The Labute approximate surface area is 92.5 Å². The summed E-state index contributed by atoms with van der Waals surface area (Å²) in [7, 11) is 0. The van der Waals surface area contributed by atoms with Crippen LogP contribution in [0.5, 0.6) is 0 Å². The second kappa shape index (κ2) is 4.70. The minimum Gasteiger partial charge on any atom is -0.175 e. The van der Waals surface area contributed by atoms with Gasteiger partial charge in [0.25, 0.3) is 0 Å². The van der Waals surface area contributed by atoms with Crippen molar-refractivity contribution in [2.45, 2.75) is 26.2 Å². The van der Waals surface area contributed by atoms with Crippen molar-refractivity contribution in [3.05, 3.63) is 41.5 Å². The number of hydrogen-bond donors (Lipinski definition) is 1. The van der Waals surface area contributed by atoms with Crippen LogP contribution in [0.3, 0.4) is 0 Å². The van der Waals surface area contributed by atoms with Crippen LogP contribution in [0.25, 0.3) is 6.08 Å². The Hall–Kier alpha value is -0.690. The predicted molar refractivity (Wildman–Crippen MR) is 68.0 cm³/mol. The van der Waals surface area contributed by atoms with Crippen LogP contribution in [-0.2, 0) is 5.41 Å². The van der Waals surface area contributed by atoms with E-state index in [1.54, 1.807) is 0 Å². The summed E-state index contributed by atoms with van der Waals surface area (Å²) >= 11 is 4.13. The van der Waals surface area contributed by atoms with Gasteiger partial charge in [0.05, 0.1) is 0 Å². The highest BCUT2D eigenvalue weighted by Crippen LogP contribution is 2.22. The molecule has 0 aliphatic heterocycles. The molecule has 0 aliphatic rings. The van der Waals surface area contributed by atoms with E-state index in [2.05, 4.69) is 69.8 Å². The molecule has 76 valence electrons. The molecular formula is C13H18S. The number of benzene rings is 1. The smallest absolute Gasteiger partial charge is 0.00858 e. The van der Waals surface area contributed by atoms with Crippen molar-refractivity contribution in [3.63, 3.8) is 0 Å². The third kappa shape index (κ3) is 3.22. The minimum atomic E-state index is 0.242. The lowest BCUT2D eigenvalue weighted by atomic mass is 9.87. The van der Waals surface area contributed by atoms with Crippen LogP contribution in [0, 0.1) is 0 Å². The Morgan fingerprint density at radius 2 is 1.71 bits per heavy atom. The van der Waals surface area contributed by atoms with Crippen LogP contribution in [-0.4, -0.2) is 5.75 Å². The standard InChI is InChI=1S/C13H18S/c1-13(2,3)12-8-6-11(7-9-12)5-4-10-14/h4-9,14H,10H2,1-3H3. The van der Waals surface area contributed by atoms with E-state index in [0.29, 0.717) is 0 Å². The fourth-order valence-corrected chi connectivity index (χ4v) is 1.39. The lowest BCUT2D eigenvalue weighted by Gasteiger charge is -2.18. The molecule has 0 aliphatic carbocycles. The van der Waals surface area contributed by atoms with Gasteiger partial charge < -0.3 is 0 Å².